The minimum Gasteiger partial charge on any atom is -0.462 e. The van der Waals surface area contributed by atoms with Crippen LogP contribution in [-0.2, 0) is 25.5 Å². The van der Waals surface area contributed by atoms with Crippen molar-refractivity contribution in [2.75, 3.05) is 18.5 Å². The molecule has 7 nitrogen and oxygen atoms in total. The lowest BCUT2D eigenvalue weighted by molar-refractivity contribution is -0.146. The molecule has 1 heterocycles. The van der Waals surface area contributed by atoms with E-state index in [0.717, 1.165) is 5.01 Å². The normalized spacial score (nSPS) is 10.2. The molecule has 1 amide bonds. The number of aryl methyl sites for hydroxylation is 1. The Morgan fingerprint density at radius 3 is 2.64 bits per heavy atom. The SMILES string of the molecule is CCOC(=O)c1ccccc1NC(=O)COC(=O)Cc1csc(C)n1. The quantitative estimate of drug-likeness (QED) is 0.760. The summed E-state index contributed by atoms with van der Waals surface area (Å²) in [6, 6.07) is 6.46. The van der Waals surface area contributed by atoms with Gasteiger partial charge < -0.3 is 14.8 Å². The van der Waals surface area contributed by atoms with Gasteiger partial charge in [0, 0.05) is 5.38 Å². The molecule has 0 atom stereocenters. The molecule has 1 aromatic heterocycles. The highest BCUT2D eigenvalue weighted by molar-refractivity contribution is 7.09. The van der Waals surface area contributed by atoms with E-state index in [2.05, 4.69) is 10.3 Å². The summed E-state index contributed by atoms with van der Waals surface area (Å²) in [6.45, 7) is 3.32. The number of nitrogens with zero attached hydrogens (tertiary/aromatic N) is 1. The zero-order valence-corrected chi connectivity index (χ0v) is 14.7. The molecule has 25 heavy (non-hydrogen) atoms. The fourth-order valence-corrected chi connectivity index (χ4v) is 2.61. The summed E-state index contributed by atoms with van der Waals surface area (Å²) in [6.07, 6.45) is 0.0109. The molecule has 0 aliphatic rings. The number of hydrogen-bond donors (Lipinski definition) is 1. The first-order chi connectivity index (χ1) is 12.0. The molecular formula is C17H18N2O5S. The maximum Gasteiger partial charge on any atom is 0.340 e. The van der Waals surface area contributed by atoms with E-state index in [1.807, 2.05) is 6.92 Å². The summed E-state index contributed by atoms with van der Waals surface area (Å²) < 4.78 is 9.87. The van der Waals surface area contributed by atoms with Gasteiger partial charge >= 0.3 is 11.9 Å². The Balaban J connectivity index is 1.88. The van der Waals surface area contributed by atoms with E-state index in [0.29, 0.717) is 11.4 Å². The lowest BCUT2D eigenvalue weighted by Crippen LogP contribution is -2.23. The van der Waals surface area contributed by atoms with Crippen LogP contribution in [0.25, 0.3) is 0 Å². The predicted octanol–water partition coefficient (Wildman–Crippen LogP) is 2.35. The smallest absolute Gasteiger partial charge is 0.340 e. The maximum atomic E-state index is 12.0. The lowest BCUT2D eigenvalue weighted by Gasteiger charge is -2.10. The van der Waals surface area contributed by atoms with Crippen LogP contribution in [0, 0.1) is 6.92 Å². The van der Waals surface area contributed by atoms with E-state index in [1.165, 1.54) is 11.3 Å². The molecule has 0 saturated heterocycles. The second kappa shape index (κ2) is 8.93. The summed E-state index contributed by atoms with van der Waals surface area (Å²) in [5.41, 5.74) is 1.15. The first kappa shape index (κ1) is 18.6. The van der Waals surface area contributed by atoms with E-state index in [4.69, 9.17) is 9.47 Å². The molecule has 8 heteroatoms. The highest BCUT2D eigenvalue weighted by atomic mass is 32.1. The number of rotatable bonds is 7. The van der Waals surface area contributed by atoms with Gasteiger partial charge in [-0.05, 0) is 26.0 Å². The number of anilines is 1. The Labute approximate surface area is 149 Å². The zero-order chi connectivity index (χ0) is 18.2. The summed E-state index contributed by atoms with van der Waals surface area (Å²) in [4.78, 5) is 39.7. The van der Waals surface area contributed by atoms with E-state index < -0.39 is 24.5 Å². The molecule has 1 aromatic carbocycles. The standard InChI is InChI=1S/C17H18N2O5S/c1-3-23-17(22)13-6-4-5-7-14(13)19-15(20)9-24-16(21)8-12-10-25-11(2)18-12/h4-7,10H,3,8-9H2,1-2H3,(H,19,20). The molecule has 0 aliphatic heterocycles. The zero-order valence-electron chi connectivity index (χ0n) is 13.9. The van der Waals surface area contributed by atoms with Gasteiger partial charge in [0.1, 0.15) is 0 Å². The number of carbonyl (C=O) groups excluding carboxylic acids is 3. The van der Waals surface area contributed by atoms with Crippen LogP contribution in [0.5, 0.6) is 0 Å². The van der Waals surface area contributed by atoms with Crippen molar-refractivity contribution in [3.05, 3.63) is 45.9 Å². The van der Waals surface area contributed by atoms with Crippen LogP contribution < -0.4 is 5.32 Å². The number of para-hydroxylation sites is 1. The fourth-order valence-electron chi connectivity index (χ4n) is 2.00. The third-order valence-corrected chi connectivity index (χ3v) is 3.88. The third kappa shape index (κ3) is 5.68. The third-order valence-electron chi connectivity index (χ3n) is 3.05. The molecule has 0 fully saturated rings. The number of aromatic nitrogens is 1. The van der Waals surface area contributed by atoms with Crippen molar-refractivity contribution in [1.82, 2.24) is 4.98 Å². The van der Waals surface area contributed by atoms with Gasteiger partial charge in [0.15, 0.2) is 6.61 Å². The van der Waals surface area contributed by atoms with Crippen molar-refractivity contribution in [2.24, 2.45) is 0 Å². The van der Waals surface area contributed by atoms with Crippen LogP contribution >= 0.6 is 11.3 Å². The minimum absolute atomic E-state index is 0.0109. The molecule has 2 rings (SSSR count). The fraction of sp³-hybridized carbons (Fsp3) is 0.294. The van der Waals surface area contributed by atoms with Crippen LogP contribution in [0.2, 0.25) is 0 Å². The van der Waals surface area contributed by atoms with E-state index in [-0.39, 0.29) is 18.6 Å². The number of nitrogens with one attached hydrogen (secondary N) is 1. The van der Waals surface area contributed by atoms with Gasteiger partial charge in [-0.25, -0.2) is 9.78 Å². The van der Waals surface area contributed by atoms with Gasteiger partial charge in [0.25, 0.3) is 5.91 Å². The monoisotopic (exact) mass is 362 g/mol. The second-order valence-corrected chi connectivity index (χ2v) is 6.07. The van der Waals surface area contributed by atoms with Crippen LogP contribution in [-0.4, -0.2) is 36.0 Å². The number of ether oxygens (including phenoxy) is 2. The van der Waals surface area contributed by atoms with Gasteiger partial charge in [0.2, 0.25) is 0 Å². The highest BCUT2D eigenvalue weighted by Gasteiger charge is 2.15. The van der Waals surface area contributed by atoms with E-state index in [1.54, 1.807) is 36.6 Å². The Hall–Kier alpha value is -2.74. The number of amides is 1. The van der Waals surface area contributed by atoms with Gasteiger partial charge in [-0.3, -0.25) is 9.59 Å². The van der Waals surface area contributed by atoms with Crippen molar-refractivity contribution in [1.29, 1.82) is 0 Å². The number of benzene rings is 1. The highest BCUT2D eigenvalue weighted by Crippen LogP contribution is 2.16. The summed E-state index contributed by atoms with van der Waals surface area (Å²) in [5.74, 6) is -1.62. The van der Waals surface area contributed by atoms with Gasteiger partial charge in [-0.15, -0.1) is 11.3 Å². The largest absolute Gasteiger partial charge is 0.462 e. The average Bonchev–Trinajstić information content (AvgIpc) is 2.98. The molecule has 0 aliphatic carbocycles. The summed E-state index contributed by atoms with van der Waals surface area (Å²) in [7, 11) is 0. The van der Waals surface area contributed by atoms with Gasteiger partial charge in [-0.2, -0.15) is 0 Å². The van der Waals surface area contributed by atoms with Crippen molar-refractivity contribution >= 4 is 34.9 Å². The average molecular weight is 362 g/mol. The number of hydrogen-bond acceptors (Lipinski definition) is 7. The maximum absolute atomic E-state index is 12.0. The number of esters is 2. The van der Waals surface area contributed by atoms with Crippen LogP contribution in [0.4, 0.5) is 5.69 Å². The molecule has 132 valence electrons. The van der Waals surface area contributed by atoms with Gasteiger partial charge in [0.05, 0.1) is 35.0 Å². The molecule has 0 saturated carbocycles. The number of thiazole rings is 1. The van der Waals surface area contributed by atoms with Crippen molar-refractivity contribution in [3.8, 4) is 0 Å². The van der Waals surface area contributed by atoms with Crippen LogP contribution in [0.15, 0.2) is 29.6 Å². The van der Waals surface area contributed by atoms with Crippen LogP contribution in [0.3, 0.4) is 0 Å². The molecule has 0 spiro atoms. The molecular weight excluding hydrogens is 344 g/mol. The molecule has 1 N–H and O–H groups in total. The second-order valence-electron chi connectivity index (χ2n) is 5.01. The Morgan fingerprint density at radius 1 is 1.20 bits per heavy atom. The first-order valence-electron chi connectivity index (χ1n) is 7.62. The summed E-state index contributed by atoms with van der Waals surface area (Å²) >= 11 is 1.44. The summed E-state index contributed by atoms with van der Waals surface area (Å²) in [5, 5.41) is 5.17. The first-order valence-corrected chi connectivity index (χ1v) is 8.50. The molecule has 0 radical (unpaired) electrons. The predicted molar refractivity (Wildman–Crippen MR) is 92.5 cm³/mol. The van der Waals surface area contributed by atoms with E-state index >= 15 is 0 Å². The van der Waals surface area contributed by atoms with Crippen molar-refractivity contribution in [2.45, 2.75) is 20.3 Å². The number of carbonyl (C=O) groups is 3. The van der Waals surface area contributed by atoms with Gasteiger partial charge in [-0.1, -0.05) is 12.1 Å². The Bertz CT molecular complexity index is 772. The van der Waals surface area contributed by atoms with Crippen molar-refractivity contribution < 1.29 is 23.9 Å². The molecule has 0 bridgehead atoms. The molecule has 2 aromatic rings. The minimum atomic E-state index is -0.542. The van der Waals surface area contributed by atoms with Crippen LogP contribution in [0.1, 0.15) is 28.0 Å². The van der Waals surface area contributed by atoms with Crippen molar-refractivity contribution in [3.63, 3.8) is 0 Å². The lowest BCUT2D eigenvalue weighted by atomic mass is 10.2. The topological polar surface area (TPSA) is 94.6 Å². The Morgan fingerprint density at radius 2 is 1.96 bits per heavy atom. The Kier molecular flexibility index (Phi) is 6.64. The van der Waals surface area contributed by atoms with E-state index in [9.17, 15) is 14.4 Å². The molecule has 0 unspecified atom stereocenters.